The van der Waals surface area contributed by atoms with Crippen molar-refractivity contribution in [1.29, 1.82) is 0 Å². The molecule has 5 heterocycles. The molecular formula is C27H35N8O11PS. The molecule has 0 aromatic carbocycles. The Hall–Kier alpha value is -3.64. The van der Waals surface area contributed by atoms with Gasteiger partial charge in [0.25, 0.3) is 11.1 Å². The summed E-state index contributed by atoms with van der Waals surface area (Å²) < 4.78 is 32.4. The molecule has 3 aromatic heterocycles. The number of carbonyl (C=O) groups excluding carboxylic acids is 1. The SMILES string of the molecule is [C-]#[N+]CCOP(=S)(OCC1OC(n2cc(C)c(=O)[nH]c2=O)C[C@H]1O)O[C@@H]1CC(n2cnc3c(=O)[nH]c(NC(=O)C(C)C)nc32)OC1CO. The average Bonchev–Trinajstić information content (AvgIpc) is 3.74. The highest BCUT2D eigenvalue weighted by Crippen LogP contribution is 2.54. The summed E-state index contributed by atoms with van der Waals surface area (Å²) in [6.45, 7) is 7.33. The van der Waals surface area contributed by atoms with E-state index in [-0.39, 0.29) is 67.1 Å². The molecule has 260 valence electrons. The third-order valence-electron chi connectivity index (χ3n) is 7.64. The van der Waals surface area contributed by atoms with Crippen LogP contribution in [0.2, 0.25) is 0 Å². The van der Waals surface area contributed by atoms with Crippen LogP contribution >= 0.6 is 6.72 Å². The number of aliphatic hydroxyl groups excluding tert-OH is 2. The Bertz CT molecular complexity index is 1920. The maximum atomic E-state index is 12.7. The van der Waals surface area contributed by atoms with Gasteiger partial charge in [-0.05, 0) is 18.7 Å². The van der Waals surface area contributed by atoms with Gasteiger partial charge >= 0.3 is 12.4 Å². The number of fused-ring (bicyclic) bond motifs is 1. The van der Waals surface area contributed by atoms with Crippen LogP contribution in [0.25, 0.3) is 16.0 Å². The van der Waals surface area contributed by atoms with E-state index in [1.165, 1.54) is 28.6 Å². The fourth-order valence-corrected chi connectivity index (χ4v) is 7.19. The summed E-state index contributed by atoms with van der Waals surface area (Å²) >= 11 is 5.67. The van der Waals surface area contributed by atoms with E-state index in [0.717, 1.165) is 0 Å². The van der Waals surface area contributed by atoms with Crippen LogP contribution < -0.4 is 22.1 Å². The second kappa shape index (κ2) is 14.9. The lowest BCUT2D eigenvalue weighted by molar-refractivity contribution is -0.118. The van der Waals surface area contributed by atoms with Crippen molar-refractivity contribution in [2.45, 2.75) is 70.5 Å². The van der Waals surface area contributed by atoms with Gasteiger partial charge in [0.1, 0.15) is 31.3 Å². The lowest BCUT2D eigenvalue weighted by atomic mass is 10.2. The van der Waals surface area contributed by atoms with Crippen LogP contribution in [0.5, 0.6) is 0 Å². The van der Waals surface area contributed by atoms with Crippen LogP contribution in [0, 0.1) is 19.4 Å². The Morgan fingerprint density at radius 2 is 1.92 bits per heavy atom. The van der Waals surface area contributed by atoms with Crippen molar-refractivity contribution < 1.29 is 38.1 Å². The molecule has 1 amide bonds. The summed E-state index contributed by atoms with van der Waals surface area (Å²) in [6, 6.07) is 0. The van der Waals surface area contributed by atoms with Crippen molar-refractivity contribution in [1.82, 2.24) is 29.1 Å². The van der Waals surface area contributed by atoms with Gasteiger partial charge in [-0.25, -0.2) is 16.4 Å². The highest BCUT2D eigenvalue weighted by atomic mass is 32.5. The first kappa shape index (κ1) is 35.7. The quantitative estimate of drug-likeness (QED) is 0.0896. The number of aryl methyl sites for hydroxylation is 1. The number of imidazole rings is 1. The van der Waals surface area contributed by atoms with E-state index < -0.39 is 67.0 Å². The third-order valence-corrected chi connectivity index (χ3v) is 10.0. The molecule has 5 unspecified atom stereocenters. The monoisotopic (exact) mass is 710 g/mol. The van der Waals surface area contributed by atoms with Crippen LogP contribution in [0.4, 0.5) is 5.95 Å². The fraction of sp³-hybridized carbons (Fsp3) is 0.593. The Labute approximate surface area is 277 Å². The fourth-order valence-electron chi connectivity index (χ4n) is 5.07. The van der Waals surface area contributed by atoms with E-state index in [1.807, 2.05) is 0 Å². The Morgan fingerprint density at radius 3 is 2.62 bits per heavy atom. The molecule has 2 aliphatic rings. The summed E-state index contributed by atoms with van der Waals surface area (Å²) in [5.74, 6) is -0.799. The zero-order chi connectivity index (χ0) is 34.7. The molecular weight excluding hydrogens is 675 g/mol. The second-order valence-electron chi connectivity index (χ2n) is 11.4. The molecule has 7 atom stereocenters. The Balaban J connectivity index is 1.32. The van der Waals surface area contributed by atoms with Gasteiger partial charge in [0.2, 0.25) is 18.4 Å². The van der Waals surface area contributed by atoms with Gasteiger partial charge in [-0.1, -0.05) is 13.8 Å². The average molecular weight is 711 g/mol. The number of anilines is 1. The van der Waals surface area contributed by atoms with Crippen LogP contribution in [-0.2, 0) is 39.6 Å². The van der Waals surface area contributed by atoms with E-state index in [4.69, 9.17) is 41.4 Å². The van der Waals surface area contributed by atoms with Gasteiger partial charge in [0, 0.05) is 30.5 Å². The number of aromatic nitrogens is 6. The van der Waals surface area contributed by atoms with Crippen molar-refractivity contribution in [3.05, 3.63) is 60.7 Å². The number of nitrogens with one attached hydrogen (secondary N) is 3. The zero-order valence-corrected chi connectivity index (χ0v) is 27.8. The number of nitrogens with zero attached hydrogens (tertiary/aromatic N) is 5. The second-order valence-corrected chi connectivity index (χ2v) is 14.4. The molecule has 0 aliphatic carbocycles. The standard InChI is InChI=1S/C27H35N8O11PS/c1-13(2)23(38)31-26-30-22-21(25(40)32-26)29-12-35(22)20-8-16(17(10-36)44-20)46-47(48,42-6-5-28-4)43-11-18-15(37)7-19(45-18)34-9-14(3)24(39)33-27(34)41/h9,12-13,15-20,36-37H,5-8,10-11H2,1-3H3,(H,33,39,41)(H2,30,31,32,38,40)/t15-,16-,17?,18?,19?,20?,47?/m1/s1. The summed E-state index contributed by atoms with van der Waals surface area (Å²) in [4.78, 5) is 65.4. The molecule has 0 spiro atoms. The maximum absolute atomic E-state index is 12.7. The topological polar surface area (TPSA) is 238 Å². The molecule has 48 heavy (non-hydrogen) atoms. The van der Waals surface area contributed by atoms with Crippen LogP contribution in [0.1, 0.15) is 44.7 Å². The van der Waals surface area contributed by atoms with Gasteiger partial charge in [-0.3, -0.25) is 38.8 Å². The Kier molecular flexibility index (Phi) is 11.0. The van der Waals surface area contributed by atoms with E-state index in [0.29, 0.717) is 0 Å². The molecule has 0 bridgehead atoms. The third kappa shape index (κ3) is 7.80. The lowest BCUT2D eigenvalue weighted by Crippen LogP contribution is -2.33. The minimum atomic E-state index is -3.69. The summed E-state index contributed by atoms with van der Waals surface area (Å²) in [6.07, 6.45) is -2.84. The molecule has 2 aliphatic heterocycles. The number of hydrogen-bond donors (Lipinski definition) is 5. The van der Waals surface area contributed by atoms with Crippen molar-refractivity contribution in [2.24, 2.45) is 5.92 Å². The lowest BCUT2D eigenvalue weighted by Gasteiger charge is -2.27. The van der Waals surface area contributed by atoms with Gasteiger partial charge in [-0.15, -0.1) is 0 Å². The smallest absolute Gasteiger partial charge is 0.330 e. The first-order valence-corrected chi connectivity index (χ1v) is 17.5. The van der Waals surface area contributed by atoms with E-state index in [9.17, 15) is 29.4 Å². The van der Waals surface area contributed by atoms with Crippen molar-refractivity contribution >= 4 is 41.5 Å². The number of carbonyl (C=O) groups is 1. The number of hydrogen-bond acceptors (Lipinski definition) is 14. The number of H-pyrrole nitrogens is 2. The van der Waals surface area contributed by atoms with Crippen molar-refractivity contribution in [3.63, 3.8) is 0 Å². The van der Waals surface area contributed by atoms with E-state index >= 15 is 0 Å². The van der Waals surface area contributed by atoms with Gasteiger partial charge in [-0.2, -0.15) is 4.98 Å². The minimum Gasteiger partial charge on any atom is -0.394 e. The molecule has 0 radical (unpaired) electrons. The highest BCUT2D eigenvalue weighted by Gasteiger charge is 2.43. The first-order valence-electron chi connectivity index (χ1n) is 14.9. The minimum absolute atomic E-state index is 0.00491. The zero-order valence-electron chi connectivity index (χ0n) is 26.1. The van der Waals surface area contributed by atoms with Crippen LogP contribution in [-0.4, -0.2) is 96.0 Å². The van der Waals surface area contributed by atoms with Gasteiger partial charge in [0.15, 0.2) is 11.2 Å². The normalized spacial score (nSPS) is 25.4. The summed E-state index contributed by atoms with van der Waals surface area (Å²) in [5, 5.41) is 23.4. The summed E-state index contributed by atoms with van der Waals surface area (Å²) in [7, 11) is 0. The van der Waals surface area contributed by atoms with Crippen LogP contribution in [0.15, 0.2) is 26.9 Å². The molecule has 2 saturated heterocycles. The van der Waals surface area contributed by atoms with Gasteiger partial charge < -0.3 is 38.1 Å². The van der Waals surface area contributed by atoms with Crippen molar-refractivity contribution in [2.75, 3.05) is 31.7 Å². The predicted octanol–water partition coefficient (Wildman–Crippen LogP) is 0.0631. The number of aromatic amines is 2. The van der Waals surface area contributed by atoms with Gasteiger partial charge in [0.05, 0.1) is 31.7 Å². The molecule has 2 fully saturated rings. The van der Waals surface area contributed by atoms with E-state index in [2.05, 4.69) is 30.1 Å². The molecule has 5 rings (SSSR count). The summed E-state index contributed by atoms with van der Waals surface area (Å²) in [5.41, 5.74) is -1.43. The molecule has 21 heteroatoms. The largest absolute Gasteiger partial charge is 0.394 e. The van der Waals surface area contributed by atoms with Crippen molar-refractivity contribution in [3.8, 4) is 0 Å². The molecule has 19 nitrogen and oxygen atoms in total. The first-order chi connectivity index (χ1) is 22.8. The molecule has 3 aromatic rings. The molecule has 0 saturated carbocycles. The van der Waals surface area contributed by atoms with E-state index in [1.54, 1.807) is 13.8 Å². The Morgan fingerprint density at radius 1 is 1.19 bits per heavy atom. The number of rotatable bonds is 13. The number of amides is 1. The number of aliphatic hydroxyl groups is 2. The maximum Gasteiger partial charge on any atom is 0.330 e. The molecule has 5 N–H and O–H groups in total. The van der Waals surface area contributed by atoms with Crippen LogP contribution in [0.3, 0.4) is 0 Å². The predicted molar refractivity (Wildman–Crippen MR) is 170 cm³/mol. The number of ether oxygens (including phenoxy) is 2. The highest BCUT2D eigenvalue weighted by molar-refractivity contribution is 8.07.